The molecule has 1 aromatic carbocycles. The summed E-state index contributed by atoms with van der Waals surface area (Å²) in [7, 11) is 1.99. The first-order chi connectivity index (χ1) is 12.2. The van der Waals surface area contributed by atoms with Gasteiger partial charge in [-0.15, -0.1) is 0 Å². The molecule has 1 aliphatic heterocycles. The second-order valence-electron chi connectivity index (χ2n) is 6.91. The van der Waals surface area contributed by atoms with Gasteiger partial charge in [-0.1, -0.05) is 24.1 Å². The Morgan fingerprint density at radius 3 is 3.04 bits per heavy atom. The molecule has 1 saturated heterocycles. The van der Waals surface area contributed by atoms with Crippen LogP contribution < -0.4 is 0 Å². The van der Waals surface area contributed by atoms with Gasteiger partial charge in [0.15, 0.2) is 0 Å². The van der Waals surface area contributed by atoms with E-state index in [4.69, 9.17) is 16.7 Å². The number of benzene rings is 1. The fraction of sp³-hybridized carbons (Fsp3) is 0.474. The third kappa shape index (κ3) is 3.44. The molecule has 0 saturated carbocycles. The first kappa shape index (κ1) is 16.6. The largest absolute Gasteiger partial charge is 0.337 e. The summed E-state index contributed by atoms with van der Waals surface area (Å²) in [6.07, 6.45) is 10.8. The molecule has 1 unspecified atom stereocenters. The van der Waals surface area contributed by atoms with Crippen molar-refractivity contribution in [2.24, 2.45) is 7.05 Å². The van der Waals surface area contributed by atoms with Gasteiger partial charge in [-0.25, -0.2) is 4.98 Å². The number of hydrogen-bond donors (Lipinski definition) is 0. The molecule has 3 aromatic rings. The van der Waals surface area contributed by atoms with Crippen molar-refractivity contribution in [2.45, 2.75) is 44.8 Å². The highest BCUT2D eigenvalue weighted by Gasteiger charge is 2.24. The number of piperidine rings is 1. The minimum absolute atomic E-state index is 0.593. The molecule has 6 heteroatoms. The Hall–Kier alpha value is -1.85. The smallest absolute Gasteiger partial charge is 0.0945 e. The van der Waals surface area contributed by atoms with Crippen LogP contribution >= 0.6 is 11.6 Å². The number of fused-ring (bicyclic) bond motifs is 1. The molecular formula is C19H24ClN5. The summed E-state index contributed by atoms with van der Waals surface area (Å²) in [5.74, 6) is 0. The molecule has 5 nitrogen and oxygen atoms in total. The quantitative estimate of drug-likeness (QED) is 0.695. The molecule has 0 bridgehead atoms. The number of rotatable bonds is 5. The van der Waals surface area contributed by atoms with E-state index < -0.39 is 0 Å². The van der Waals surface area contributed by atoms with E-state index in [2.05, 4.69) is 20.5 Å². The van der Waals surface area contributed by atoms with Crippen LogP contribution in [0.5, 0.6) is 0 Å². The first-order valence-corrected chi connectivity index (χ1v) is 9.40. The van der Waals surface area contributed by atoms with Gasteiger partial charge in [-0.05, 0) is 37.9 Å². The molecule has 132 valence electrons. The molecule has 0 N–H and O–H groups in total. The van der Waals surface area contributed by atoms with Crippen LogP contribution in [0.25, 0.3) is 10.9 Å². The molecule has 0 amide bonds. The lowest BCUT2D eigenvalue weighted by Gasteiger charge is -2.35. The summed E-state index contributed by atoms with van der Waals surface area (Å²) in [6, 6.07) is 6.63. The maximum absolute atomic E-state index is 6.48. The van der Waals surface area contributed by atoms with Crippen molar-refractivity contribution in [1.82, 2.24) is 24.2 Å². The predicted molar refractivity (Wildman–Crippen MR) is 101 cm³/mol. The number of hydrogen-bond acceptors (Lipinski definition) is 3. The minimum Gasteiger partial charge on any atom is -0.337 e. The highest BCUT2D eigenvalue weighted by Crippen LogP contribution is 2.29. The van der Waals surface area contributed by atoms with Gasteiger partial charge in [0.25, 0.3) is 0 Å². The molecule has 3 heterocycles. The van der Waals surface area contributed by atoms with Crippen molar-refractivity contribution in [3.63, 3.8) is 0 Å². The number of halogens is 1. The van der Waals surface area contributed by atoms with E-state index in [9.17, 15) is 0 Å². The Kier molecular flexibility index (Phi) is 4.77. The zero-order chi connectivity index (χ0) is 17.2. The van der Waals surface area contributed by atoms with Gasteiger partial charge in [-0.3, -0.25) is 9.58 Å². The van der Waals surface area contributed by atoms with Crippen LogP contribution in [0.15, 0.2) is 36.9 Å². The highest BCUT2D eigenvalue weighted by atomic mass is 35.5. The minimum atomic E-state index is 0.593. The number of aromatic nitrogens is 4. The number of imidazole rings is 1. The van der Waals surface area contributed by atoms with Gasteiger partial charge in [0.2, 0.25) is 0 Å². The fourth-order valence-electron chi connectivity index (χ4n) is 3.97. The van der Waals surface area contributed by atoms with Crippen LogP contribution in [0.4, 0.5) is 0 Å². The average molecular weight is 358 g/mol. The second kappa shape index (κ2) is 7.18. The van der Waals surface area contributed by atoms with E-state index >= 15 is 0 Å². The Morgan fingerprint density at radius 1 is 1.28 bits per heavy atom. The van der Waals surface area contributed by atoms with E-state index in [1.165, 1.54) is 19.3 Å². The number of likely N-dealkylation sites (tertiary alicyclic amines) is 1. The van der Waals surface area contributed by atoms with Crippen LogP contribution in [0, 0.1) is 0 Å². The van der Waals surface area contributed by atoms with Crippen molar-refractivity contribution >= 4 is 22.5 Å². The third-order valence-electron chi connectivity index (χ3n) is 5.28. The van der Waals surface area contributed by atoms with E-state index in [-0.39, 0.29) is 0 Å². The Morgan fingerprint density at radius 2 is 2.20 bits per heavy atom. The molecular weight excluding hydrogens is 334 g/mol. The normalized spacial score (nSPS) is 18.9. The third-order valence-corrected chi connectivity index (χ3v) is 5.60. The zero-order valence-corrected chi connectivity index (χ0v) is 15.4. The summed E-state index contributed by atoms with van der Waals surface area (Å²) >= 11 is 6.48. The van der Waals surface area contributed by atoms with Gasteiger partial charge in [0, 0.05) is 44.0 Å². The van der Waals surface area contributed by atoms with Gasteiger partial charge >= 0.3 is 0 Å². The van der Waals surface area contributed by atoms with Crippen LogP contribution in [-0.4, -0.2) is 36.8 Å². The van der Waals surface area contributed by atoms with E-state index in [0.717, 1.165) is 47.7 Å². The van der Waals surface area contributed by atoms with Gasteiger partial charge in [0.1, 0.15) is 0 Å². The summed E-state index contributed by atoms with van der Waals surface area (Å²) in [5, 5.41) is 6.67. The van der Waals surface area contributed by atoms with Gasteiger partial charge in [-0.2, -0.15) is 5.10 Å². The Balaban J connectivity index is 1.53. The maximum Gasteiger partial charge on any atom is 0.0945 e. The maximum atomic E-state index is 6.48. The van der Waals surface area contributed by atoms with Crippen LogP contribution in [0.3, 0.4) is 0 Å². The lowest BCUT2D eigenvalue weighted by molar-refractivity contribution is 0.127. The molecule has 1 aliphatic rings. The summed E-state index contributed by atoms with van der Waals surface area (Å²) in [6.45, 7) is 3.03. The molecule has 1 fully saturated rings. The van der Waals surface area contributed by atoms with Crippen LogP contribution in [0.2, 0.25) is 5.02 Å². The standard InChI is InChI=1S/C19H24ClN5/c1-23-18-7-4-6-16(20)19(18)17(22-23)13-25-10-3-2-5-15(25)8-11-24-12-9-21-14-24/h4,6-7,9,12,14-15H,2-3,5,8,10-11,13H2,1H3. The van der Waals surface area contributed by atoms with Crippen LogP contribution in [0.1, 0.15) is 31.4 Å². The van der Waals surface area contributed by atoms with Crippen molar-refractivity contribution in [3.05, 3.63) is 47.6 Å². The van der Waals surface area contributed by atoms with E-state index in [1.807, 2.05) is 42.6 Å². The molecule has 0 aliphatic carbocycles. The van der Waals surface area contributed by atoms with Crippen molar-refractivity contribution in [3.8, 4) is 0 Å². The lowest BCUT2D eigenvalue weighted by atomic mass is 9.98. The van der Waals surface area contributed by atoms with Crippen LogP contribution in [-0.2, 0) is 20.1 Å². The molecule has 2 aromatic heterocycles. The van der Waals surface area contributed by atoms with E-state index in [0.29, 0.717) is 6.04 Å². The zero-order valence-electron chi connectivity index (χ0n) is 14.6. The first-order valence-electron chi connectivity index (χ1n) is 9.02. The fourth-order valence-corrected chi connectivity index (χ4v) is 4.25. The SMILES string of the molecule is Cn1nc(CN2CCCCC2CCn2ccnc2)c2c(Cl)cccc21. The topological polar surface area (TPSA) is 38.9 Å². The molecule has 0 spiro atoms. The Labute approximate surface area is 153 Å². The highest BCUT2D eigenvalue weighted by molar-refractivity contribution is 6.35. The molecule has 0 radical (unpaired) electrons. The number of aryl methyl sites for hydroxylation is 2. The lowest BCUT2D eigenvalue weighted by Crippen LogP contribution is -2.39. The van der Waals surface area contributed by atoms with Crippen molar-refractivity contribution in [2.75, 3.05) is 6.54 Å². The molecule has 1 atom stereocenters. The van der Waals surface area contributed by atoms with Crippen molar-refractivity contribution < 1.29 is 0 Å². The summed E-state index contributed by atoms with van der Waals surface area (Å²) in [4.78, 5) is 6.73. The predicted octanol–water partition coefficient (Wildman–Crippen LogP) is 3.87. The summed E-state index contributed by atoms with van der Waals surface area (Å²) in [5.41, 5.74) is 2.20. The monoisotopic (exact) mass is 357 g/mol. The summed E-state index contributed by atoms with van der Waals surface area (Å²) < 4.78 is 4.11. The Bertz CT molecular complexity index is 839. The average Bonchev–Trinajstić information content (AvgIpc) is 3.24. The van der Waals surface area contributed by atoms with E-state index in [1.54, 1.807) is 0 Å². The van der Waals surface area contributed by atoms with Gasteiger partial charge < -0.3 is 4.57 Å². The van der Waals surface area contributed by atoms with Crippen molar-refractivity contribution in [1.29, 1.82) is 0 Å². The molecule has 4 rings (SSSR count). The number of nitrogens with zero attached hydrogens (tertiary/aromatic N) is 5. The second-order valence-corrected chi connectivity index (χ2v) is 7.32. The molecule has 25 heavy (non-hydrogen) atoms. The van der Waals surface area contributed by atoms with Gasteiger partial charge in [0.05, 0.1) is 22.6 Å².